The van der Waals surface area contributed by atoms with Crippen LogP contribution >= 0.6 is 11.3 Å². The van der Waals surface area contributed by atoms with Gasteiger partial charge >= 0.3 is 0 Å². The molecule has 4 aromatic rings. The van der Waals surface area contributed by atoms with E-state index in [1.807, 2.05) is 19.9 Å². The van der Waals surface area contributed by atoms with Crippen LogP contribution in [0, 0.1) is 5.82 Å². The number of aliphatic hydroxyl groups excluding tert-OH is 1. The molecular weight excluding hydrogens is 517 g/mol. The van der Waals surface area contributed by atoms with E-state index in [-0.39, 0.29) is 34.7 Å². The van der Waals surface area contributed by atoms with Gasteiger partial charge in [0.05, 0.1) is 34.8 Å². The molecule has 1 fully saturated rings. The van der Waals surface area contributed by atoms with Crippen LogP contribution in [0.25, 0.3) is 21.3 Å². The minimum Gasteiger partial charge on any atom is -0.489 e. The van der Waals surface area contributed by atoms with Crippen molar-refractivity contribution in [1.82, 2.24) is 14.9 Å². The molecule has 3 heterocycles. The van der Waals surface area contributed by atoms with Crippen molar-refractivity contribution in [2.45, 2.75) is 45.3 Å². The Kier molecular flexibility index (Phi) is 7.79. The minimum absolute atomic E-state index is 0.0370. The van der Waals surface area contributed by atoms with E-state index in [2.05, 4.69) is 39.4 Å². The van der Waals surface area contributed by atoms with Crippen LogP contribution < -0.4 is 15.8 Å². The van der Waals surface area contributed by atoms with Gasteiger partial charge in [0, 0.05) is 11.1 Å². The van der Waals surface area contributed by atoms with E-state index >= 15 is 0 Å². The van der Waals surface area contributed by atoms with Gasteiger partial charge in [-0.15, -0.1) is 11.3 Å². The summed E-state index contributed by atoms with van der Waals surface area (Å²) in [7, 11) is 2.15. The highest BCUT2D eigenvalue weighted by Crippen LogP contribution is 2.40. The second kappa shape index (κ2) is 11.3. The second-order valence-electron chi connectivity index (χ2n) is 10.2. The molecule has 4 N–H and O–H groups in total. The number of piperidine rings is 1. The maximum Gasteiger partial charge on any atom is 0.259 e. The zero-order valence-electron chi connectivity index (χ0n) is 22.2. The molecule has 0 bridgehead atoms. The predicted octanol–water partition coefficient (Wildman–Crippen LogP) is 5.43. The summed E-state index contributed by atoms with van der Waals surface area (Å²) in [6.45, 7) is 5.82. The standard InChI is InChI=1S/C29H32FN5O3S/c1-16(2)38-23-13-19(18-8-10-35(3)11-9-18)5-7-22(23)33-29-32-14-24-26(34-29)25(27(39-24)28(31)37)20-12-17(15-36)4-6-21(20)30/h4-7,12-14,16,18,36H,8-11,15H2,1-3H3,(H2,31,37)(H,32,33,34). The number of nitrogens with zero attached hydrogens (tertiary/aromatic N) is 3. The Morgan fingerprint density at radius 1 is 1.26 bits per heavy atom. The van der Waals surface area contributed by atoms with E-state index in [4.69, 9.17) is 10.5 Å². The van der Waals surface area contributed by atoms with Gasteiger partial charge in [0.15, 0.2) is 0 Å². The van der Waals surface area contributed by atoms with Crippen LogP contribution in [-0.2, 0) is 6.61 Å². The summed E-state index contributed by atoms with van der Waals surface area (Å²) in [5, 5.41) is 12.9. The Bertz CT molecular complexity index is 1510. The number of fused-ring (bicyclic) bond motifs is 1. The third-order valence-corrected chi connectivity index (χ3v) is 8.07. The molecule has 0 aliphatic carbocycles. The van der Waals surface area contributed by atoms with Gasteiger partial charge in [-0.2, -0.15) is 0 Å². The largest absolute Gasteiger partial charge is 0.489 e. The molecule has 1 aliphatic rings. The fourth-order valence-electron chi connectivity index (χ4n) is 4.95. The highest BCUT2D eigenvalue weighted by Gasteiger charge is 2.24. The molecule has 8 nitrogen and oxygen atoms in total. The number of aliphatic hydroxyl groups is 1. The summed E-state index contributed by atoms with van der Waals surface area (Å²) in [5.41, 5.74) is 8.96. The third-order valence-electron chi connectivity index (χ3n) is 6.94. The van der Waals surface area contributed by atoms with Crippen molar-refractivity contribution in [3.8, 4) is 16.9 Å². The average Bonchev–Trinajstić information content (AvgIpc) is 3.29. The quantitative estimate of drug-likeness (QED) is 0.269. The lowest BCUT2D eigenvalue weighted by molar-refractivity contribution is 0.100. The maximum absolute atomic E-state index is 15.0. The molecule has 204 valence electrons. The summed E-state index contributed by atoms with van der Waals surface area (Å²) >= 11 is 1.11. The maximum atomic E-state index is 15.0. The monoisotopic (exact) mass is 549 g/mol. The van der Waals surface area contributed by atoms with Crippen LogP contribution in [0.15, 0.2) is 42.6 Å². The number of thiophene rings is 1. The number of aromatic nitrogens is 2. The summed E-state index contributed by atoms with van der Waals surface area (Å²) in [6.07, 6.45) is 3.75. The molecule has 2 aromatic heterocycles. The van der Waals surface area contributed by atoms with Gasteiger partial charge in [0.1, 0.15) is 16.4 Å². The van der Waals surface area contributed by atoms with Crippen LogP contribution in [-0.4, -0.2) is 52.1 Å². The lowest BCUT2D eigenvalue weighted by atomic mass is 9.89. The highest BCUT2D eigenvalue weighted by atomic mass is 32.1. The normalized spacial score (nSPS) is 14.7. The smallest absolute Gasteiger partial charge is 0.259 e. The zero-order valence-corrected chi connectivity index (χ0v) is 23.0. The first-order valence-corrected chi connectivity index (χ1v) is 13.8. The zero-order chi connectivity index (χ0) is 27.7. The number of nitrogens with two attached hydrogens (primary N) is 1. The second-order valence-corrected chi connectivity index (χ2v) is 11.2. The first kappa shape index (κ1) is 27.0. The molecule has 0 radical (unpaired) electrons. The van der Waals surface area contributed by atoms with Crippen molar-refractivity contribution < 1.29 is 19.0 Å². The average molecular weight is 550 g/mol. The predicted molar refractivity (Wildman–Crippen MR) is 152 cm³/mol. The number of anilines is 2. The number of hydrogen-bond donors (Lipinski definition) is 3. The molecule has 0 spiro atoms. The van der Waals surface area contributed by atoms with Crippen molar-refractivity contribution in [3.05, 3.63) is 64.4 Å². The molecule has 5 rings (SSSR count). The lowest BCUT2D eigenvalue weighted by Gasteiger charge is -2.29. The van der Waals surface area contributed by atoms with Crippen molar-refractivity contribution in [2.75, 3.05) is 25.5 Å². The number of halogens is 1. The van der Waals surface area contributed by atoms with E-state index in [0.29, 0.717) is 33.1 Å². The SMILES string of the molecule is CC(C)Oc1cc(C2CCN(C)CC2)ccc1Nc1ncc2sc(C(N)=O)c(-c3cc(CO)ccc3F)c2n1. The number of rotatable bonds is 8. The summed E-state index contributed by atoms with van der Waals surface area (Å²) in [4.78, 5) is 24.0. The molecule has 0 atom stereocenters. The molecular formula is C29H32FN5O3S. The van der Waals surface area contributed by atoms with E-state index < -0.39 is 11.7 Å². The summed E-state index contributed by atoms with van der Waals surface area (Å²) in [5.74, 6) is 0.225. The highest BCUT2D eigenvalue weighted by molar-refractivity contribution is 7.21. The fourth-order valence-corrected chi connectivity index (χ4v) is 5.93. The van der Waals surface area contributed by atoms with Crippen molar-refractivity contribution in [1.29, 1.82) is 0 Å². The van der Waals surface area contributed by atoms with Gasteiger partial charge in [0.25, 0.3) is 5.91 Å². The van der Waals surface area contributed by atoms with Crippen LogP contribution in [0.4, 0.5) is 16.0 Å². The molecule has 2 aromatic carbocycles. The molecule has 0 unspecified atom stereocenters. The molecule has 1 saturated heterocycles. The Hall–Kier alpha value is -3.60. The Balaban J connectivity index is 1.54. The van der Waals surface area contributed by atoms with E-state index in [1.54, 1.807) is 6.20 Å². The molecule has 10 heteroatoms. The number of likely N-dealkylation sites (tertiary alicyclic amines) is 1. The van der Waals surface area contributed by atoms with E-state index in [9.17, 15) is 14.3 Å². The summed E-state index contributed by atoms with van der Waals surface area (Å²) in [6, 6.07) is 10.4. The van der Waals surface area contributed by atoms with Gasteiger partial charge in [-0.1, -0.05) is 12.1 Å². The lowest BCUT2D eigenvalue weighted by Crippen LogP contribution is -2.29. The van der Waals surface area contributed by atoms with Gasteiger partial charge in [-0.25, -0.2) is 14.4 Å². The number of carbonyl (C=O) groups excluding carboxylic acids is 1. The number of primary amides is 1. The Labute approximate surface area is 230 Å². The van der Waals surface area contributed by atoms with Gasteiger partial charge in [-0.05, 0) is 88.1 Å². The summed E-state index contributed by atoms with van der Waals surface area (Å²) < 4.78 is 21.7. The number of amides is 1. The van der Waals surface area contributed by atoms with Crippen molar-refractivity contribution >= 4 is 39.1 Å². The number of hydrogen-bond acceptors (Lipinski definition) is 8. The molecule has 0 saturated carbocycles. The number of ether oxygens (including phenoxy) is 1. The van der Waals surface area contributed by atoms with Crippen LogP contribution in [0.1, 0.15) is 53.4 Å². The van der Waals surface area contributed by atoms with E-state index in [0.717, 1.165) is 37.3 Å². The fraction of sp³-hybridized carbons (Fsp3) is 0.345. The first-order chi connectivity index (χ1) is 18.7. The Morgan fingerprint density at radius 2 is 2.03 bits per heavy atom. The van der Waals surface area contributed by atoms with Gasteiger partial charge in [0.2, 0.25) is 5.95 Å². The molecule has 39 heavy (non-hydrogen) atoms. The van der Waals surface area contributed by atoms with Crippen LogP contribution in [0.5, 0.6) is 5.75 Å². The van der Waals surface area contributed by atoms with Gasteiger partial charge in [-0.3, -0.25) is 4.79 Å². The van der Waals surface area contributed by atoms with Crippen molar-refractivity contribution in [2.24, 2.45) is 5.73 Å². The minimum atomic E-state index is -0.687. The third kappa shape index (κ3) is 5.73. The van der Waals surface area contributed by atoms with Crippen LogP contribution in [0.2, 0.25) is 0 Å². The molecule has 1 amide bonds. The number of benzene rings is 2. The molecule has 1 aliphatic heterocycles. The number of carbonyl (C=O) groups is 1. The number of nitrogens with one attached hydrogen (secondary N) is 1. The van der Waals surface area contributed by atoms with Gasteiger partial charge < -0.3 is 25.8 Å². The van der Waals surface area contributed by atoms with E-state index in [1.165, 1.54) is 23.8 Å². The topological polar surface area (TPSA) is 114 Å². The Morgan fingerprint density at radius 3 is 2.72 bits per heavy atom. The first-order valence-electron chi connectivity index (χ1n) is 13.0. The van der Waals surface area contributed by atoms with Crippen LogP contribution in [0.3, 0.4) is 0 Å². The van der Waals surface area contributed by atoms with Crippen molar-refractivity contribution in [3.63, 3.8) is 0 Å².